The molecule has 1 saturated heterocycles. The third-order valence-corrected chi connectivity index (χ3v) is 4.02. The second-order valence-corrected chi connectivity index (χ2v) is 5.82. The molecule has 0 aliphatic carbocycles. The van der Waals surface area contributed by atoms with Crippen LogP contribution in [0.4, 0.5) is 0 Å². The number of aromatic nitrogens is 2. The summed E-state index contributed by atoms with van der Waals surface area (Å²) in [6, 6.07) is 5.70. The Morgan fingerprint density at radius 2 is 2.36 bits per heavy atom. The van der Waals surface area contributed by atoms with Crippen LogP contribution < -0.4 is 10.6 Å². The molecule has 3 heterocycles. The number of amides is 1. The number of nitrogens with zero attached hydrogens (tertiary/aromatic N) is 2. The molecule has 2 atom stereocenters. The largest absolute Gasteiger partial charge is 0.464 e. The van der Waals surface area contributed by atoms with Crippen molar-refractivity contribution in [2.45, 2.75) is 38.8 Å². The molecule has 2 aromatic rings. The average molecular weight is 302 g/mol. The zero-order valence-electron chi connectivity index (χ0n) is 13.0. The van der Waals surface area contributed by atoms with E-state index in [1.54, 1.807) is 6.07 Å². The summed E-state index contributed by atoms with van der Waals surface area (Å²) in [5, 5.41) is 10.7. The molecule has 0 spiro atoms. The fourth-order valence-corrected chi connectivity index (χ4v) is 2.75. The molecule has 118 valence electrons. The monoisotopic (exact) mass is 302 g/mol. The lowest BCUT2D eigenvalue weighted by atomic mass is 10.1. The Morgan fingerprint density at radius 3 is 3.05 bits per heavy atom. The smallest absolute Gasteiger partial charge is 0.272 e. The van der Waals surface area contributed by atoms with Crippen LogP contribution in [0.2, 0.25) is 0 Å². The van der Waals surface area contributed by atoms with Crippen molar-refractivity contribution in [2.75, 3.05) is 13.1 Å². The van der Waals surface area contributed by atoms with Crippen LogP contribution in [0.5, 0.6) is 0 Å². The molecular formula is C16H22N4O2. The highest BCUT2D eigenvalue weighted by Crippen LogP contribution is 2.18. The van der Waals surface area contributed by atoms with Gasteiger partial charge in [0.1, 0.15) is 17.2 Å². The Hall–Kier alpha value is -2.08. The van der Waals surface area contributed by atoms with E-state index in [1.807, 2.05) is 36.9 Å². The number of carbonyl (C=O) groups excluding carboxylic acids is 1. The molecule has 2 aromatic heterocycles. The predicted octanol–water partition coefficient (Wildman–Crippen LogP) is 2.20. The lowest BCUT2D eigenvalue weighted by Gasteiger charge is -2.22. The second kappa shape index (κ2) is 6.36. The molecule has 1 aliphatic heterocycles. The van der Waals surface area contributed by atoms with E-state index >= 15 is 0 Å². The molecule has 3 rings (SSSR count). The van der Waals surface area contributed by atoms with Gasteiger partial charge in [-0.15, -0.1) is 0 Å². The van der Waals surface area contributed by atoms with Crippen LogP contribution in [-0.4, -0.2) is 28.8 Å². The van der Waals surface area contributed by atoms with Crippen LogP contribution in [0.25, 0.3) is 0 Å². The molecule has 6 nitrogen and oxygen atoms in total. The van der Waals surface area contributed by atoms with E-state index in [-0.39, 0.29) is 11.9 Å². The zero-order valence-corrected chi connectivity index (χ0v) is 13.0. The first-order valence-corrected chi connectivity index (χ1v) is 7.76. The predicted molar refractivity (Wildman–Crippen MR) is 82.7 cm³/mol. The molecule has 2 N–H and O–H groups in total. The van der Waals surface area contributed by atoms with Crippen molar-refractivity contribution in [3.63, 3.8) is 0 Å². The molecule has 1 fully saturated rings. The lowest BCUT2D eigenvalue weighted by molar-refractivity contribution is 0.0928. The maximum absolute atomic E-state index is 12.3. The van der Waals surface area contributed by atoms with Gasteiger partial charge >= 0.3 is 0 Å². The molecule has 0 bridgehead atoms. The van der Waals surface area contributed by atoms with Gasteiger partial charge in [0.25, 0.3) is 5.91 Å². The van der Waals surface area contributed by atoms with Gasteiger partial charge in [-0.1, -0.05) is 0 Å². The quantitative estimate of drug-likeness (QED) is 0.908. The molecule has 1 aliphatic rings. The van der Waals surface area contributed by atoms with Crippen LogP contribution in [-0.2, 0) is 0 Å². The first kappa shape index (κ1) is 14.8. The van der Waals surface area contributed by atoms with E-state index in [0.717, 1.165) is 37.5 Å². The summed E-state index contributed by atoms with van der Waals surface area (Å²) in [5.41, 5.74) is 0.445. The van der Waals surface area contributed by atoms with Gasteiger partial charge in [-0.2, -0.15) is 5.10 Å². The molecule has 6 heteroatoms. The molecule has 2 unspecified atom stereocenters. The number of carbonyl (C=O) groups is 1. The van der Waals surface area contributed by atoms with Crippen LogP contribution in [0.1, 0.15) is 53.9 Å². The minimum atomic E-state index is -0.178. The zero-order chi connectivity index (χ0) is 15.5. The van der Waals surface area contributed by atoms with Gasteiger partial charge in [0.15, 0.2) is 0 Å². The van der Waals surface area contributed by atoms with Crippen molar-refractivity contribution < 1.29 is 9.21 Å². The first-order chi connectivity index (χ1) is 10.6. The van der Waals surface area contributed by atoms with E-state index in [1.165, 1.54) is 0 Å². The van der Waals surface area contributed by atoms with Crippen molar-refractivity contribution in [2.24, 2.45) is 0 Å². The highest BCUT2D eigenvalue weighted by atomic mass is 16.3. The summed E-state index contributed by atoms with van der Waals surface area (Å²) in [6.07, 6.45) is 4.12. The van der Waals surface area contributed by atoms with E-state index < -0.39 is 0 Å². The summed E-state index contributed by atoms with van der Waals surface area (Å²) in [6.45, 7) is 5.76. The Balaban J connectivity index is 1.63. The molecule has 0 aromatic carbocycles. The van der Waals surface area contributed by atoms with Crippen LogP contribution >= 0.6 is 0 Å². The number of furan rings is 1. The lowest BCUT2D eigenvalue weighted by Crippen LogP contribution is -2.32. The first-order valence-electron chi connectivity index (χ1n) is 7.76. The third-order valence-electron chi connectivity index (χ3n) is 4.02. The SMILES string of the molecule is Cc1ccc(C(C)NC(=O)c2ccn(C3CCCNC3)n2)o1. The Bertz CT molecular complexity index is 640. The minimum Gasteiger partial charge on any atom is -0.464 e. The maximum atomic E-state index is 12.3. The van der Waals surface area contributed by atoms with Crippen molar-refractivity contribution in [3.8, 4) is 0 Å². The summed E-state index contributed by atoms with van der Waals surface area (Å²) in [7, 11) is 0. The highest BCUT2D eigenvalue weighted by Gasteiger charge is 2.19. The molecule has 0 saturated carbocycles. The van der Waals surface area contributed by atoms with Crippen molar-refractivity contribution in [1.29, 1.82) is 0 Å². The number of piperidine rings is 1. The topological polar surface area (TPSA) is 72.1 Å². The van der Waals surface area contributed by atoms with Gasteiger partial charge in [0.05, 0.1) is 12.1 Å². The van der Waals surface area contributed by atoms with Crippen LogP contribution in [0.15, 0.2) is 28.8 Å². The normalized spacial score (nSPS) is 19.8. The molecule has 22 heavy (non-hydrogen) atoms. The van der Waals surface area contributed by atoms with Crippen molar-refractivity contribution in [1.82, 2.24) is 20.4 Å². The van der Waals surface area contributed by atoms with Gasteiger partial charge in [0, 0.05) is 12.7 Å². The van der Waals surface area contributed by atoms with Crippen LogP contribution in [0.3, 0.4) is 0 Å². The van der Waals surface area contributed by atoms with E-state index in [4.69, 9.17) is 4.42 Å². The second-order valence-electron chi connectivity index (χ2n) is 5.82. The Morgan fingerprint density at radius 1 is 1.50 bits per heavy atom. The van der Waals surface area contributed by atoms with Gasteiger partial charge < -0.3 is 15.1 Å². The molecule has 0 radical (unpaired) electrons. The number of nitrogens with one attached hydrogen (secondary N) is 2. The fourth-order valence-electron chi connectivity index (χ4n) is 2.75. The third kappa shape index (κ3) is 3.22. The van der Waals surface area contributed by atoms with Crippen LogP contribution in [0, 0.1) is 6.92 Å². The van der Waals surface area contributed by atoms with E-state index in [2.05, 4.69) is 15.7 Å². The molecule has 1 amide bonds. The summed E-state index contributed by atoms with van der Waals surface area (Å²) in [4.78, 5) is 12.3. The van der Waals surface area contributed by atoms with Crippen molar-refractivity contribution >= 4 is 5.91 Å². The molecular weight excluding hydrogens is 280 g/mol. The van der Waals surface area contributed by atoms with E-state index in [9.17, 15) is 4.79 Å². The van der Waals surface area contributed by atoms with Gasteiger partial charge in [-0.3, -0.25) is 9.48 Å². The minimum absolute atomic E-state index is 0.177. The standard InChI is InChI=1S/C16H22N4O2/c1-11-5-6-15(22-11)12(2)18-16(21)14-7-9-20(19-14)13-4-3-8-17-10-13/h5-7,9,12-13,17H,3-4,8,10H2,1-2H3,(H,18,21). The van der Waals surface area contributed by atoms with E-state index in [0.29, 0.717) is 11.7 Å². The maximum Gasteiger partial charge on any atom is 0.272 e. The number of aryl methyl sites for hydroxylation is 1. The fraction of sp³-hybridized carbons (Fsp3) is 0.500. The highest BCUT2D eigenvalue weighted by molar-refractivity contribution is 5.92. The van der Waals surface area contributed by atoms with Gasteiger partial charge in [-0.25, -0.2) is 0 Å². The van der Waals surface area contributed by atoms with Gasteiger partial charge in [-0.05, 0) is 51.4 Å². The van der Waals surface area contributed by atoms with Crippen molar-refractivity contribution in [3.05, 3.63) is 41.6 Å². The summed E-state index contributed by atoms with van der Waals surface area (Å²) >= 11 is 0. The summed E-state index contributed by atoms with van der Waals surface area (Å²) < 4.78 is 7.43. The Kier molecular flexibility index (Phi) is 4.29. The number of rotatable bonds is 4. The van der Waals surface area contributed by atoms with Gasteiger partial charge in [0.2, 0.25) is 0 Å². The average Bonchev–Trinajstić information content (AvgIpc) is 3.17. The number of hydrogen-bond acceptors (Lipinski definition) is 4. The Labute approximate surface area is 129 Å². The summed E-state index contributed by atoms with van der Waals surface area (Å²) in [5.74, 6) is 1.41. The number of hydrogen-bond donors (Lipinski definition) is 2.